The molecule has 0 aliphatic heterocycles. The second-order valence-electron chi connectivity index (χ2n) is 3.88. The van der Waals surface area contributed by atoms with E-state index in [9.17, 15) is 8.42 Å². The van der Waals surface area contributed by atoms with Crippen LogP contribution in [0.25, 0.3) is 0 Å². The van der Waals surface area contributed by atoms with Gasteiger partial charge in [-0.1, -0.05) is 0 Å². The molecule has 0 bridgehead atoms. The van der Waals surface area contributed by atoms with Crippen LogP contribution in [0.3, 0.4) is 0 Å². The third-order valence-corrected chi connectivity index (χ3v) is 3.17. The topological polar surface area (TPSA) is 91.5 Å². The van der Waals surface area contributed by atoms with Crippen LogP contribution in [0.15, 0.2) is 12.1 Å². The Morgan fingerprint density at radius 1 is 1.44 bits per heavy atom. The molecule has 0 fully saturated rings. The zero-order valence-corrected chi connectivity index (χ0v) is 11.5. The van der Waals surface area contributed by atoms with E-state index in [1.807, 2.05) is 6.92 Å². The predicted octanol–water partition coefficient (Wildman–Crippen LogP) is 0.533. The third kappa shape index (κ3) is 4.15. The maximum Gasteiger partial charge on any atom is 0.257 e. The van der Waals surface area contributed by atoms with Crippen LogP contribution in [-0.4, -0.2) is 39.1 Å². The molecule has 1 unspecified atom stereocenters. The van der Waals surface area contributed by atoms with Crippen LogP contribution < -0.4 is 15.2 Å². The van der Waals surface area contributed by atoms with Gasteiger partial charge in [0.2, 0.25) is 0 Å². The first kappa shape index (κ1) is 14.7. The van der Waals surface area contributed by atoms with Gasteiger partial charge in [-0.3, -0.25) is 0 Å². The van der Waals surface area contributed by atoms with Crippen molar-refractivity contribution < 1.29 is 17.9 Å². The number of hydrogen-bond acceptors (Lipinski definition) is 6. The minimum absolute atomic E-state index is 0.155. The fourth-order valence-electron chi connectivity index (χ4n) is 1.46. The number of pyridine rings is 1. The average Bonchev–Trinajstić information content (AvgIpc) is 2.27. The van der Waals surface area contributed by atoms with Crippen molar-refractivity contribution in [3.8, 4) is 11.6 Å². The van der Waals surface area contributed by atoms with E-state index in [-0.39, 0.29) is 5.75 Å². The Morgan fingerprint density at radius 3 is 2.61 bits per heavy atom. The van der Waals surface area contributed by atoms with Crippen LogP contribution in [0.5, 0.6) is 11.6 Å². The smallest absolute Gasteiger partial charge is 0.257 e. The Kier molecular flexibility index (Phi) is 4.92. The van der Waals surface area contributed by atoms with Gasteiger partial charge < -0.3 is 15.2 Å². The van der Waals surface area contributed by atoms with Gasteiger partial charge in [-0.15, -0.1) is 0 Å². The summed E-state index contributed by atoms with van der Waals surface area (Å²) >= 11 is 0. The molecule has 0 amide bonds. The van der Waals surface area contributed by atoms with Crippen LogP contribution in [-0.2, 0) is 9.84 Å². The lowest BCUT2D eigenvalue weighted by molar-refractivity contribution is 0.297. The second kappa shape index (κ2) is 6.01. The van der Waals surface area contributed by atoms with E-state index in [0.29, 0.717) is 23.9 Å². The average molecular weight is 274 g/mol. The van der Waals surface area contributed by atoms with E-state index < -0.39 is 15.9 Å². The molecule has 0 saturated carbocycles. The summed E-state index contributed by atoms with van der Waals surface area (Å²) in [6.07, 6.45) is 1.14. The summed E-state index contributed by atoms with van der Waals surface area (Å²) in [5, 5.41) is 0. The number of nitrogens with two attached hydrogens (primary N) is 1. The number of sulfone groups is 1. The molecule has 0 aromatic carbocycles. The van der Waals surface area contributed by atoms with Crippen molar-refractivity contribution in [3.63, 3.8) is 0 Å². The molecule has 7 heteroatoms. The Balaban J connectivity index is 3.00. The van der Waals surface area contributed by atoms with Crippen molar-refractivity contribution >= 4 is 9.84 Å². The molecular formula is C11H18N2O4S. The largest absolute Gasteiger partial charge is 0.491 e. The van der Waals surface area contributed by atoms with Gasteiger partial charge in [-0.05, 0) is 19.1 Å². The van der Waals surface area contributed by atoms with Gasteiger partial charge >= 0.3 is 0 Å². The molecule has 0 aliphatic carbocycles. The van der Waals surface area contributed by atoms with Crippen molar-refractivity contribution in [1.29, 1.82) is 0 Å². The van der Waals surface area contributed by atoms with Gasteiger partial charge in [-0.25, -0.2) is 13.4 Å². The number of methoxy groups -OCH3 is 1. The highest BCUT2D eigenvalue weighted by molar-refractivity contribution is 7.90. The summed E-state index contributed by atoms with van der Waals surface area (Å²) in [5.41, 5.74) is 6.26. The zero-order chi connectivity index (χ0) is 13.8. The van der Waals surface area contributed by atoms with Gasteiger partial charge in [0.1, 0.15) is 9.84 Å². The van der Waals surface area contributed by atoms with Crippen LogP contribution in [0.1, 0.15) is 18.7 Å². The van der Waals surface area contributed by atoms with Crippen LogP contribution in [0, 0.1) is 0 Å². The van der Waals surface area contributed by atoms with Gasteiger partial charge in [0.05, 0.1) is 31.2 Å². The van der Waals surface area contributed by atoms with Crippen molar-refractivity contribution in [2.45, 2.75) is 13.0 Å². The van der Waals surface area contributed by atoms with E-state index in [1.165, 1.54) is 7.11 Å². The third-order valence-electron chi connectivity index (χ3n) is 2.21. The normalized spacial score (nSPS) is 13.1. The zero-order valence-electron chi connectivity index (χ0n) is 10.7. The molecule has 18 heavy (non-hydrogen) atoms. The summed E-state index contributed by atoms with van der Waals surface area (Å²) in [5.74, 6) is 0.659. The number of aromatic nitrogens is 1. The highest BCUT2D eigenvalue weighted by Crippen LogP contribution is 2.26. The molecule has 0 spiro atoms. The van der Waals surface area contributed by atoms with E-state index in [4.69, 9.17) is 15.2 Å². The summed E-state index contributed by atoms with van der Waals surface area (Å²) < 4.78 is 32.8. The molecule has 2 N–H and O–H groups in total. The minimum Gasteiger partial charge on any atom is -0.491 e. The number of hydrogen-bond donors (Lipinski definition) is 1. The quantitative estimate of drug-likeness (QED) is 0.813. The van der Waals surface area contributed by atoms with Gasteiger partial charge in [0.25, 0.3) is 5.88 Å². The van der Waals surface area contributed by atoms with Gasteiger partial charge in [0, 0.05) is 6.26 Å². The minimum atomic E-state index is -3.15. The number of ether oxygens (including phenoxy) is 2. The Labute approximate surface area is 107 Å². The van der Waals surface area contributed by atoms with E-state index in [0.717, 1.165) is 6.26 Å². The van der Waals surface area contributed by atoms with E-state index in [1.54, 1.807) is 12.1 Å². The standard InChI is InChI=1S/C11H18N2O4S/c1-4-17-11-10(16-2)6-5-9(13-11)8(12)7-18(3,14)15/h5-6,8H,4,7,12H2,1-3H3. The van der Waals surface area contributed by atoms with Crippen molar-refractivity contribution in [1.82, 2.24) is 4.98 Å². The molecule has 1 aromatic heterocycles. The summed E-state index contributed by atoms with van der Waals surface area (Å²) in [4.78, 5) is 4.18. The molecule has 1 rings (SSSR count). The molecule has 1 heterocycles. The number of nitrogens with zero attached hydrogens (tertiary/aromatic N) is 1. The van der Waals surface area contributed by atoms with Gasteiger partial charge in [0.15, 0.2) is 5.75 Å². The first-order chi connectivity index (χ1) is 8.37. The predicted molar refractivity (Wildman–Crippen MR) is 68.6 cm³/mol. The monoisotopic (exact) mass is 274 g/mol. The maximum absolute atomic E-state index is 11.2. The maximum atomic E-state index is 11.2. The lowest BCUT2D eigenvalue weighted by atomic mass is 10.2. The first-order valence-corrected chi connectivity index (χ1v) is 7.54. The van der Waals surface area contributed by atoms with Crippen molar-refractivity contribution in [3.05, 3.63) is 17.8 Å². The summed E-state index contributed by atoms with van der Waals surface area (Å²) in [6.45, 7) is 2.26. The number of rotatable bonds is 6. The Bertz CT molecular complexity index is 502. The lowest BCUT2D eigenvalue weighted by Gasteiger charge is -2.13. The molecule has 0 saturated heterocycles. The molecular weight excluding hydrogens is 256 g/mol. The van der Waals surface area contributed by atoms with E-state index in [2.05, 4.69) is 4.98 Å². The van der Waals surface area contributed by atoms with Crippen molar-refractivity contribution in [2.24, 2.45) is 5.73 Å². The lowest BCUT2D eigenvalue weighted by Crippen LogP contribution is -2.22. The molecule has 0 aliphatic rings. The van der Waals surface area contributed by atoms with Crippen LogP contribution in [0.4, 0.5) is 0 Å². The molecule has 6 nitrogen and oxygen atoms in total. The highest BCUT2D eigenvalue weighted by Gasteiger charge is 2.17. The second-order valence-corrected chi connectivity index (χ2v) is 6.06. The summed E-state index contributed by atoms with van der Waals surface area (Å²) in [6, 6.07) is 2.62. The molecule has 0 radical (unpaired) electrons. The fraction of sp³-hybridized carbons (Fsp3) is 0.545. The van der Waals surface area contributed by atoms with Crippen LogP contribution >= 0.6 is 0 Å². The SMILES string of the molecule is CCOc1nc(C(N)CS(C)(=O)=O)ccc1OC. The van der Waals surface area contributed by atoms with Crippen LogP contribution in [0.2, 0.25) is 0 Å². The summed E-state index contributed by atoms with van der Waals surface area (Å²) in [7, 11) is -1.64. The van der Waals surface area contributed by atoms with E-state index >= 15 is 0 Å². The van der Waals surface area contributed by atoms with Gasteiger partial charge in [-0.2, -0.15) is 0 Å². The fourth-order valence-corrected chi connectivity index (χ4v) is 2.28. The Morgan fingerprint density at radius 2 is 2.11 bits per heavy atom. The Hall–Kier alpha value is -1.34. The highest BCUT2D eigenvalue weighted by atomic mass is 32.2. The first-order valence-electron chi connectivity index (χ1n) is 5.48. The molecule has 1 atom stereocenters. The molecule has 1 aromatic rings. The molecule has 102 valence electrons. The van der Waals surface area contributed by atoms with Crippen molar-refractivity contribution in [2.75, 3.05) is 25.7 Å².